The summed E-state index contributed by atoms with van der Waals surface area (Å²) in [6.07, 6.45) is 6.54. The van der Waals surface area contributed by atoms with Crippen molar-refractivity contribution in [1.82, 2.24) is 25.7 Å². The minimum atomic E-state index is -0.993. The Hall–Kier alpha value is -6.31. The quantitative estimate of drug-likeness (QED) is 0.0747. The summed E-state index contributed by atoms with van der Waals surface area (Å²) in [4.78, 5) is 63.8. The standard InChI is InChI=1S/C40H43N7O7/c41-36-33(24-30(45-46-36)27-10-5-6-13-32(27)48)54-23-20-25-14-16-26(17-15-25)37(50)43-22-8-4-2-1-3-7-21-42-29-12-9-11-28-35(29)40(53)47(39(28)52)31-18-19-34(49)44-38(31)51/h5-6,9-17,24,31,42,48H,1-4,7-8,18-23H2,(H2,41,46)(H,43,50)(H,44,49,51). The minimum absolute atomic E-state index is 0.0766. The van der Waals surface area contributed by atoms with Crippen molar-refractivity contribution >= 4 is 41.0 Å². The molecule has 280 valence electrons. The molecular weight excluding hydrogens is 690 g/mol. The Morgan fingerprint density at radius 2 is 1.59 bits per heavy atom. The lowest BCUT2D eigenvalue weighted by Crippen LogP contribution is -2.54. The van der Waals surface area contributed by atoms with Crippen LogP contribution < -0.4 is 26.4 Å². The Morgan fingerprint density at radius 1 is 0.870 bits per heavy atom. The third-order valence-corrected chi connectivity index (χ3v) is 9.50. The molecule has 0 bridgehead atoms. The molecule has 54 heavy (non-hydrogen) atoms. The van der Waals surface area contributed by atoms with Crippen molar-refractivity contribution in [3.63, 3.8) is 0 Å². The first-order valence-corrected chi connectivity index (χ1v) is 18.2. The number of fused-ring (bicyclic) bond motifs is 1. The molecule has 0 saturated carbocycles. The molecule has 1 unspecified atom stereocenters. The van der Waals surface area contributed by atoms with Crippen molar-refractivity contribution in [1.29, 1.82) is 0 Å². The largest absolute Gasteiger partial charge is 0.507 e. The van der Waals surface area contributed by atoms with E-state index in [0.717, 1.165) is 49.0 Å². The van der Waals surface area contributed by atoms with Crippen LogP contribution in [0.25, 0.3) is 11.3 Å². The van der Waals surface area contributed by atoms with Gasteiger partial charge in [-0.25, -0.2) is 0 Å². The smallest absolute Gasteiger partial charge is 0.264 e. The zero-order chi connectivity index (χ0) is 38.0. The van der Waals surface area contributed by atoms with Crippen molar-refractivity contribution in [2.45, 2.75) is 63.8 Å². The molecule has 4 aromatic rings. The maximum Gasteiger partial charge on any atom is 0.264 e. The summed E-state index contributed by atoms with van der Waals surface area (Å²) in [7, 11) is 0. The fourth-order valence-electron chi connectivity index (χ4n) is 6.57. The van der Waals surface area contributed by atoms with Gasteiger partial charge in [-0.05, 0) is 61.2 Å². The highest BCUT2D eigenvalue weighted by molar-refractivity contribution is 6.25. The van der Waals surface area contributed by atoms with Crippen molar-refractivity contribution in [3.05, 3.63) is 95.1 Å². The normalized spacial score (nSPS) is 15.2. The van der Waals surface area contributed by atoms with Gasteiger partial charge in [-0.1, -0.05) is 56.0 Å². The Bertz CT molecular complexity index is 2040. The Labute approximate surface area is 312 Å². The van der Waals surface area contributed by atoms with Crippen LogP contribution in [-0.2, 0) is 16.0 Å². The summed E-state index contributed by atoms with van der Waals surface area (Å²) in [5.74, 6) is -1.58. The predicted octanol–water partition coefficient (Wildman–Crippen LogP) is 4.64. The first kappa shape index (κ1) is 37.4. The number of aromatic hydroxyl groups is 1. The number of nitrogens with zero attached hydrogens (tertiary/aromatic N) is 3. The van der Waals surface area contributed by atoms with E-state index in [1.807, 2.05) is 12.1 Å². The number of ether oxygens (including phenoxy) is 1. The number of para-hydroxylation sites is 1. The fraction of sp³-hybridized carbons (Fsp3) is 0.325. The number of carbonyl (C=O) groups is 5. The van der Waals surface area contributed by atoms with Crippen LogP contribution in [0.3, 0.4) is 0 Å². The van der Waals surface area contributed by atoms with Gasteiger partial charge in [-0.15, -0.1) is 10.2 Å². The molecule has 1 fully saturated rings. The summed E-state index contributed by atoms with van der Waals surface area (Å²) in [6.45, 7) is 1.54. The Morgan fingerprint density at radius 3 is 2.35 bits per heavy atom. The number of unbranched alkanes of at least 4 members (excludes halogenated alkanes) is 5. The molecule has 3 heterocycles. The number of carbonyl (C=O) groups excluding carboxylic acids is 5. The van der Waals surface area contributed by atoms with E-state index >= 15 is 0 Å². The molecule has 5 amide bonds. The minimum Gasteiger partial charge on any atom is -0.507 e. The van der Waals surface area contributed by atoms with Crippen LogP contribution in [0.1, 0.15) is 88.0 Å². The maximum atomic E-state index is 13.2. The van der Waals surface area contributed by atoms with E-state index in [1.54, 1.807) is 60.7 Å². The van der Waals surface area contributed by atoms with E-state index in [9.17, 15) is 29.1 Å². The molecule has 0 spiro atoms. The highest BCUT2D eigenvalue weighted by Crippen LogP contribution is 2.33. The maximum absolute atomic E-state index is 13.2. The average molecular weight is 734 g/mol. The first-order valence-electron chi connectivity index (χ1n) is 18.2. The van der Waals surface area contributed by atoms with Crippen molar-refractivity contribution in [2.24, 2.45) is 0 Å². The van der Waals surface area contributed by atoms with Crippen molar-refractivity contribution in [3.8, 4) is 22.8 Å². The highest BCUT2D eigenvalue weighted by atomic mass is 16.5. The van der Waals surface area contributed by atoms with Gasteiger partial charge in [0.25, 0.3) is 17.7 Å². The number of hydrogen-bond acceptors (Lipinski definition) is 11. The number of rotatable bonds is 17. The monoisotopic (exact) mass is 733 g/mol. The number of benzene rings is 3. The van der Waals surface area contributed by atoms with Crippen LogP contribution in [0, 0.1) is 0 Å². The molecule has 1 saturated heterocycles. The van der Waals surface area contributed by atoms with Gasteiger partial charge in [0.2, 0.25) is 11.8 Å². The Kier molecular flexibility index (Phi) is 12.1. The van der Waals surface area contributed by atoms with Crippen LogP contribution in [0.15, 0.2) is 72.8 Å². The third kappa shape index (κ3) is 8.82. The van der Waals surface area contributed by atoms with Gasteiger partial charge in [0.15, 0.2) is 11.6 Å². The molecule has 2 aliphatic heterocycles. The summed E-state index contributed by atoms with van der Waals surface area (Å²) < 4.78 is 5.87. The van der Waals surface area contributed by atoms with E-state index in [0.29, 0.717) is 54.4 Å². The van der Waals surface area contributed by atoms with E-state index < -0.39 is 29.7 Å². The van der Waals surface area contributed by atoms with Gasteiger partial charge < -0.3 is 26.2 Å². The van der Waals surface area contributed by atoms with Gasteiger partial charge in [-0.2, -0.15) is 0 Å². The third-order valence-electron chi connectivity index (χ3n) is 9.50. The van der Waals surface area contributed by atoms with Gasteiger partial charge in [0, 0.05) is 48.8 Å². The topological polar surface area (TPSA) is 206 Å². The van der Waals surface area contributed by atoms with Gasteiger partial charge in [0.05, 0.1) is 17.7 Å². The fourth-order valence-corrected chi connectivity index (χ4v) is 6.57. The second-order valence-corrected chi connectivity index (χ2v) is 13.3. The molecule has 2 aliphatic rings. The molecule has 14 nitrogen and oxygen atoms in total. The molecule has 0 radical (unpaired) electrons. The molecule has 0 aliphatic carbocycles. The van der Waals surface area contributed by atoms with E-state index in [-0.39, 0.29) is 41.4 Å². The lowest BCUT2D eigenvalue weighted by molar-refractivity contribution is -0.136. The van der Waals surface area contributed by atoms with Crippen LogP contribution in [0.4, 0.5) is 11.5 Å². The van der Waals surface area contributed by atoms with Crippen LogP contribution in [0.2, 0.25) is 0 Å². The SMILES string of the molecule is Nc1nnc(-c2ccccc2O)cc1OCCc1ccc(C(=O)NCCCCCCCCNc2cccc3c2C(=O)N(C2CCC(=O)NC2=O)C3=O)cc1. The zero-order valence-corrected chi connectivity index (χ0v) is 29.8. The number of imide groups is 2. The van der Waals surface area contributed by atoms with E-state index in [4.69, 9.17) is 10.5 Å². The van der Waals surface area contributed by atoms with Gasteiger partial charge in [0.1, 0.15) is 17.5 Å². The lowest BCUT2D eigenvalue weighted by Gasteiger charge is -2.27. The molecule has 3 aromatic carbocycles. The highest BCUT2D eigenvalue weighted by Gasteiger charge is 2.45. The molecule has 1 atom stereocenters. The summed E-state index contributed by atoms with van der Waals surface area (Å²) in [5.41, 5.74) is 9.60. The van der Waals surface area contributed by atoms with Crippen molar-refractivity contribution in [2.75, 3.05) is 30.7 Å². The number of nitrogens with one attached hydrogen (secondary N) is 3. The number of piperidine rings is 1. The summed E-state index contributed by atoms with van der Waals surface area (Å²) >= 11 is 0. The molecule has 6 rings (SSSR count). The number of anilines is 2. The first-order chi connectivity index (χ1) is 26.2. The van der Waals surface area contributed by atoms with Gasteiger partial charge >= 0.3 is 0 Å². The molecular formula is C40H43N7O7. The molecule has 14 heteroatoms. The second-order valence-electron chi connectivity index (χ2n) is 13.3. The molecule has 6 N–H and O–H groups in total. The molecule has 1 aromatic heterocycles. The number of phenols is 1. The van der Waals surface area contributed by atoms with Crippen LogP contribution in [0.5, 0.6) is 11.5 Å². The summed E-state index contributed by atoms with van der Waals surface area (Å²) in [6, 6.07) is 19.9. The number of nitrogen functional groups attached to an aromatic ring is 1. The second kappa shape index (κ2) is 17.5. The average Bonchev–Trinajstić information content (AvgIpc) is 3.42. The summed E-state index contributed by atoms with van der Waals surface area (Å²) in [5, 5.41) is 26.6. The van der Waals surface area contributed by atoms with E-state index in [1.165, 1.54) is 0 Å². The van der Waals surface area contributed by atoms with Crippen LogP contribution in [-0.4, -0.2) is 75.5 Å². The van der Waals surface area contributed by atoms with E-state index in [2.05, 4.69) is 26.1 Å². The van der Waals surface area contributed by atoms with Crippen molar-refractivity contribution < 1.29 is 33.8 Å². The van der Waals surface area contributed by atoms with Gasteiger partial charge in [-0.3, -0.25) is 34.2 Å². The van der Waals surface area contributed by atoms with Crippen LogP contribution >= 0.6 is 0 Å². The lowest BCUT2D eigenvalue weighted by atomic mass is 10.0. The number of phenolic OH excluding ortho intramolecular Hbond substituents is 1. The number of hydrogen-bond donors (Lipinski definition) is 5. The number of aromatic nitrogens is 2. The predicted molar refractivity (Wildman–Crippen MR) is 201 cm³/mol. The number of nitrogens with two attached hydrogens (primary N) is 1. The number of amides is 5. The zero-order valence-electron chi connectivity index (χ0n) is 29.8. The Balaban J connectivity index is 0.840.